The number of amides is 1. The number of hydrogen-bond donors (Lipinski definition) is 1. The van der Waals surface area contributed by atoms with Gasteiger partial charge in [0.25, 0.3) is 0 Å². The molecule has 1 aliphatic heterocycles. The third-order valence-corrected chi connectivity index (χ3v) is 2.18. The molecule has 0 bridgehead atoms. The summed E-state index contributed by atoms with van der Waals surface area (Å²) in [6, 6.07) is -0.191. The Hall–Kier alpha value is -1.01. The maximum atomic E-state index is 11.5. The summed E-state index contributed by atoms with van der Waals surface area (Å²) in [5, 5.41) is 2.74. The molecule has 0 aromatic rings. The van der Waals surface area contributed by atoms with Crippen LogP contribution in [0.2, 0.25) is 0 Å². The van der Waals surface area contributed by atoms with Crippen molar-refractivity contribution in [1.82, 2.24) is 5.32 Å². The number of terminal acetylenes is 1. The van der Waals surface area contributed by atoms with Gasteiger partial charge in [-0.15, -0.1) is 6.42 Å². The van der Waals surface area contributed by atoms with Crippen molar-refractivity contribution in [2.24, 2.45) is 5.92 Å². The summed E-state index contributed by atoms with van der Waals surface area (Å²) >= 11 is 0. The molecule has 1 rings (SSSR count). The summed E-state index contributed by atoms with van der Waals surface area (Å²) in [5.41, 5.74) is 0. The highest BCUT2D eigenvalue weighted by Crippen LogP contribution is 2.18. The molecule has 1 aliphatic rings. The van der Waals surface area contributed by atoms with Crippen molar-refractivity contribution in [3.05, 3.63) is 0 Å². The maximum Gasteiger partial charge on any atom is 0.226 e. The third kappa shape index (κ3) is 2.74. The molecule has 3 atom stereocenters. The molecule has 3 heteroatoms. The van der Waals surface area contributed by atoms with Gasteiger partial charge in [0.1, 0.15) is 0 Å². The Labute approximate surface area is 78.8 Å². The molecule has 13 heavy (non-hydrogen) atoms. The van der Waals surface area contributed by atoms with Crippen molar-refractivity contribution in [2.45, 2.75) is 32.4 Å². The monoisotopic (exact) mass is 181 g/mol. The second-order valence-corrected chi connectivity index (χ2v) is 3.47. The van der Waals surface area contributed by atoms with Crippen LogP contribution in [0.4, 0.5) is 0 Å². The van der Waals surface area contributed by atoms with Gasteiger partial charge < -0.3 is 10.1 Å². The Morgan fingerprint density at radius 2 is 2.46 bits per heavy atom. The Morgan fingerprint density at radius 1 is 1.77 bits per heavy atom. The highest BCUT2D eigenvalue weighted by molar-refractivity contribution is 5.79. The highest BCUT2D eigenvalue weighted by atomic mass is 16.5. The summed E-state index contributed by atoms with van der Waals surface area (Å²) in [7, 11) is 0. The Bertz CT molecular complexity index is 232. The van der Waals surface area contributed by atoms with E-state index in [0.717, 1.165) is 6.42 Å². The van der Waals surface area contributed by atoms with E-state index in [-0.39, 0.29) is 24.0 Å². The Balaban J connectivity index is 2.37. The SMILES string of the molecule is C#CC(C)NC(=O)C1COC(C)C1. The molecule has 1 heterocycles. The van der Waals surface area contributed by atoms with Crippen LogP contribution in [0, 0.1) is 18.3 Å². The van der Waals surface area contributed by atoms with Gasteiger partial charge >= 0.3 is 0 Å². The third-order valence-electron chi connectivity index (χ3n) is 2.18. The molecule has 1 saturated heterocycles. The molecular formula is C10H15NO2. The minimum absolute atomic E-state index is 0.00907. The molecule has 0 radical (unpaired) electrons. The fraction of sp³-hybridized carbons (Fsp3) is 0.700. The molecule has 1 N–H and O–H groups in total. The van der Waals surface area contributed by atoms with E-state index in [9.17, 15) is 4.79 Å². The molecule has 0 saturated carbocycles. The first kappa shape index (κ1) is 10.1. The van der Waals surface area contributed by atoms with E-state index >= 15 is 0 Å². The Kier molecular flexibility index (Phi) is 3.32. The van der Waals surface area contributed by atoms with E-state index in [1.807, 2.05) is 6.92 Å². The number of carbonyl (C=O) groups is 1. The minimum atomic E-state index is -0.191. The largest absolute Gasteiger partial charge is 0.378 e. The van der Waals surface area contributed by atoms with E-state index in [4.69, 9.17) is 11.2 Å². The van der Waals surface area contributed by atoms with Crippen molar-refractivity contribution in [3.8, 4) is 12.3 Å². The highest BCUT2D eigenvalue weighted by Gasteiger charge is 2.28. The van der Waals surface area contributed by atoms with Crippen LogP contribution in [0.1, 0.15) is 20.3 Å². The standard InChI is InChI=1S/C10H15NO2/c1-4-7(2)11-10(12)9-5-8(3)13-6-9/h1,7-9H,5-6H2,2-3H3,(H,11,12). The molecule has 0 aliphatic carbocycles. The van der Waals surface area contributed by atoms with Gasteiger partial charge in [-0.1, -0.05) is 5.92 Å². The quantitative estimate of drug-likeness (QED) is 0.632. The fourth-order valence-corrected chi connectivity index (χ4v) is 1.37. The number of hydrogen-bond acceptors (Lipinski definition) is 2. The molecule has 1 fully saturated rings. The van der Waals surface area contributed by atoms with Crippen LogP contribution in [0.5, 0.6) is 0 Å². The second kappa shape index (κ2) is 4.29. The van der Waals surface area contributed by atoms with E-state index in [0.29, 0.717) is 6.61 Å². The predicted molar refractivity (Wildman–Crippen MR) is 50.0 cm³/mol. The van der Waals surface area contributed by atoms with Gasteiger partial charge in [-0.05, 0) is 20.3 Å². The summed E-state index contributed by atoms with van der Waals surface area (Å²) in [5.74, 6) is 2.44. The average Bonchev–Trinajstić information content (AvgIpc) is 2.51. The number of rotatable bonds is 2. The lowest BCUT2D eigenvalue weighted by atomic mass is 10.1. The fourth-order valence-electron chi connectivity index (χ4n) is 1.37. The second-order valence-electron chi connectivity index (χ2n) is 3.47. The van der Waals surface area contributed by atoms with E-state index in [2.05, 4.69) is 11.2 Å². The minimum Gasteiger partial charge on any atom is -0.378 e. The van der Waals surface area contributed by atoms with Crippen LogP contribution in [-0.2, 0) is 9.53 Å². The first-order valence-electron chi connectivity index (χ1n) is 4.51. The van der Waals surface area contributed by atoms with Crippen LogP contribution >= 0.6 is 0 Å². The topological polar surface area (TPSA) is 38.3 Å². The van der Waals surface area contributed by atoms with Crippen molar-refractivity contribution in [2.75, 3.05) is 6.61 Å². The number of carbonyl (C=O) groups excluding carboxylic acids is 1. The van der Waals surface area contributed by atoms with Crippen LogP contribution < -0.4 is 5.32 Å². The first-order chi connectivity index (χ1) is 6.13. The summed E-state index contributed by atoms with van der Waals surface area (Å²) in [4.78, 5) is 11.5. The lowest BCUT2D eigenvalue weighted by molar-refractivity contribution is -0.125. The zero-order chi connectivity index (χ0) is 9.84. The number of nitrogens with one attached hydrogen (secondary N) is 1. The zero-order valence-electron chi connectivity index (χ0n) is 8.04. The maximum absolute atomic E-state index is 11.5. The van der Waals surface area contributed by atoms with Gasteiger partial charge in [0, 0.05) is 0 Å². The molecule has 1 amide bonds. The first-order valence-corrected chi connectivity index (χ1v) is 4.51. The van der Waals surface area contributed by atoms with Crippen molar-refractivity contribution in [3.63, 3.8) is 0 Å². The van der Waals surface area contributed by atoms with Crippen molar-refractivity contribution in [1.29, 1.82) is 0 Å². The van der Waals surface area contributed by atoms with Gasteiger partial charge in [-0.25, -0.2) is 0 Å². The normalized spacial score (nSPS) is 29.3. The predicted octanol–water partition coefficient (Wildman–Crippen LogP) is 0.549. The van der Waals surface area contributed by atoms with E-state index < -0.39 is 0 Å². The van der Waals surface area contributed by atoms with Gasteiger partial charge in [0.05, 0.1) is 24.7 Å². The zero-order valence-corrected chi connectivity index (χ0v) is 8.04. The summed E-state index contributed by atoms with van der Waals surface area (Å²) < 4.78 is 5.29. The molecule has 0 aromatic heterocycles. The van der Waals surface area contributed by atoms with Gasteiger partial charge in [0.2, 0.25) is 5.91 Å². The van der Waals surface area contributed by atoms with Crippen molar-refractivity contribution < 1.29 is 9.53 Å². The smallest absolute Gasteiger partial charge is 0.226 e. The van der Waals surface area contributed by atoms with E-state index in [1.54, 1.807) is 6.92 Å². The molecule has 3 unspecified atom stereocenters. The van der Waals surface area contributed by atoms with Gasteiger partial charge in [-0.2, -0.15) is 0 Å². The molecular weight excluding hydrogens is 166 g/mol. The van der Waals surface area contributed by atoms with Gasteiger partial charge in [-0.3, -0.25) is 4.79 Å². The van der Waals surface area contributed by atoms with Crippen LogP contribution in [-0.4, -0.2) is 24.7 Å². The molecule has 3 nitrogen and oxygen atoms in total. The molecule has 0 aromatic carbocycles. The molecule has 72 valence electrons. The molecule has 0 spiro atoms. The van der Waals surface area contributed by atoms with Crippen LogP contribution in [0.3, 0.4) is 0 Å². The van der Waals surface area contributed by atoms with E-state index in [1.165, 1.54) is 0 Å². The number of ether oxygens (including phenoxy) is 1. The lowest BCUT2D eigenvalue weighted by Crippen LogP contribution is -2.36. The Morgan fingerprint density at radius 3 is 2.92 bits per heavy atom. The van der Waals surface area contributed by atoms with Crippen molar-refractivity contribution >= 4 is 5.91 Å². The summed E-state index contributed by atoms with van der Waals surface area (Å²) in [6.07, 6.45) is 6.14. The van der Waals surface area contributed by atoms with Crippen LogP contribution in [0.15, 0.2) is 0 Å². The summed E-state index contributed by atoms with van der Waals surface area (Å²) in [6.45, 7) is 4.28. The van der Waals surface area contributed by atoms with Gasteiger partial charge in [0.15, 0.2) is 0 Å². The van der Waals surface area contributed by atoms with Crippen LogP contribution in [0.25, 0.3) is 0 Å². The lowest BCUT2D eigenvalue weighted by Gasteiger charge is -2.11. The average molecular weight is 181 g/mol.